The van der Waals surface area contributed by atoms with Crippen LogP contribution in [-0.2, 0) is 5.53 Å². The van der Waals surface area contributed by atoms with E-state index in [4.69, 9.17) is 20.2 Å². The number of nitrogens with one attached hydrogen (secondary N) is 1. The lowest BCUT2D eigenvalue weighted by atomic mass is 10.2. The molecule has 3 atom stereocenters. The third kappa shape index (κ3) is 5.02. The standard InChI is InChI=1S/C10H16N3O7P3/c14-8(6-9(15,16)17)10(18,19)23-12-21-11-22-13(23)20-7-4-2-1-3-5-7/h1-5,8,12,14-19,21H,6H2. The fraction of sp³-hybridized carbons (Fsp3) is 0.400. The van der Waals surface area contributed by atoms with Gasteiger partial charge in [-0.25, -0.2) is 0 Å². The van der Waals surface area contributed by atoms with Crippen LogP contribution in [0.2, 0.25) is 0 Å². The Labute approximate surface area is 134 Å². The normalized spacial score (nSPS) is 15.1. The average Bonchev–Trinajstić information content (AvgIpc) is 2.47. The number of para-hydroxylation sites is 1. The Morgan fingerprint density at radius 1 is 1.26 bits per heavy atom. The van der Waals surface area contributed by atoms with Crippen LogP contribution >= 0.6 is 24.9 Å². The maximum atomic E-state index is 10.2. The number of aliphatic hydroxyl groups is 6. The van der Waals surface area contributed by atoms with Crippen molar-refractivity contribution in [3.8, 4) is 5.75 Å². The highest BCUT2D eigenvalue weighted by atomic mass is 31.2. The zero-order valence-corrected chi connectivity index (χ0v) is 14.3. The van der Waals surface area contributed by atoms with E-state index in [2.05, 4.69) is 9.02 Å². The molecule has 1 aromatic heterocycles. The first kappa shape index (κ1) is 18.4. The number of aliphatic hydroxyl groups excluding tert-OH is 1. The number of aromatic amines is 1. The summed E-state index contributed by atoms with van der Waals surface area (Å²) < 4.78 is 7.84. The maximum absolute atomic E-state index is 10.2. The van der Waals surface area contributed by atoms with Gasteiger partial charge in [-0.2, -0.15) is 4.51 Å². The highest BCUT2D eigenvalue weighted by Gasteiger charge is 2.43. The first-order valence-electron chi connectivity index (χ1n) is 6.24. The number of nitrogens with zero attached hydrogens (tertiary/aromatic N) is 2. The quantitative estimate of drug-likeness (QED) is 0.336. The Morgan fingerprint density at radius 2 is 1.91 bits per heavy atom. The summed E-state index contributed by atoms with van der Waals surface area (Å²) in [6, 6.07) is 8.52. The smallest absolute Gasteiger partial charge is 0.278 e. The van der Waals surface area contributed by atoms with E-state index in [0.717, 1.165) is 4.26 Å². The van der Waals surface area contributed by atoms with Gasteiger partial charge in [0.05, 0.1) is 6.42 Å². The van der Waals surface area contributed by atoms with Crippen molar-refractivity contribution in [2.45, 2.75) is 24.0 Å². The van der Waals surface area contributed by atoms with E-state index < -0.39 is 31.9 Å². The number of hydrogen-bond donors (Lipinski definition) is 7. The fourth-order valence-corrected chi connectivity index (χ4v) is 6.45. The average molecular weight is 383 g/mol. The van der Waals surface area contributed by atoms with Crippen molar-refractivity contribution in [3.05, 3.63) is 30.3 Å². The number of rotatable bonds is 6. The van der Waals surface area contributed by atoms with E-state index in [9.17, 15) is 15.3 Å². The molecule has 10 nitrogen and oxygen atoms in total. The predicted octanol–water partition coefficient (Wildman–Crippen LogP) is -0.248. The van der Waals surface area contributed by atoms with E-state index in [1.54, 1.807) is 30.3 Å². The molecule has 3 unspecified atom stereocenters. The molecule has 2 rings (SSSR count). The minimum absolute atomic E-state index is 0.166. The van der Waals surface area contributed by atoms with Gasteiger partial charge in [-0.05, 0) is 12.1 Å². The van der Waals surface area contributed by atoms with Crippen LogP contribution in [0, 0.1) is 0 Å². The molecule has 1 heterocycles. The van der Waals surface area contributed by atoms with E-state index in [-0.39, 0.29) is 17.0 Å². The summed E-state index contributed by atoms with van der Waals surface area (Å²) in [6.45, 7) is 0. The SMILES string of the molecule is OC(CC(O)(O)O)C(O)(O)p1[nH][pH]npn1Oc1ccccc1. The van der Waals surface area contributed by atoms with Gasteiger partial charge in [0.2, 0.25) is 0 Å². The van der Waals surface area contributed by atoms with E-state index in [1.165, 1.54) is 0 Å². The molecule has 23 heavy (non-hydrogen) atoms. The second-order valence-corrected chi connectivity index (χ2v) is 8.98. The third-order valence-electron chi connectivity index (χ3n) is 2.65. The van der Waals surface area contributed by atoms with Gasteiger partial charge in [-0.3, -0.25) is 0 Å². The molecule has 0 spiro atoms. The Hall–Kier alpha value is -0.920. The first-order valence-corrected chi connectivity index (χ1v) is 9.29. The highest BCUT2D eigenvalue weighted by molar-refractivity contribution is 7.54. The molecule has 2 aromatic rings. The summed E-state index contributed by atoms with van der Waals surface area (Å²) >= 11 is 0. The van der Waals surface area contributed by atoms with Crippen LogP contribution in [0.15, 0.2) is 30.3 Å². The van der Waals surface area contributed by atoms with Gasteiger partial charge in [0, 0.05) is 8.51 Å². The second kappa shape index (κ2) is 7.32. The van der Waals surface area contributed by atoms with Crippen LogP contribution in [0.5, 0.6) is 5.75 Å². The van der Waals surface area contributed by atoms with Gasteiger partial charge in [-0.15, -0.1) is 4.26 Å². The van der Waals surface area contributed by atoms with Gasteiger partial charge in [0.15, 0.2) is 14.3 Å². The summed E-state index contributed by atoms with van der Waals surface area (Å²) in [5.41, 5.74) is -2.79. The monoisotopic (exact) mass is 383 g/mol. The molecule has 0 saturated carbocycles. The van der Waals surface area contributed by atoms with Gasteiger partial charge in [-0.1, -0.05) is 18.2 Å². The fourth-order valence-electron chi connectivity index (χ4n) is 1.59. The minimum atomic E-state index is -3.24. The molecule has 128 valence electrons. The van der Waals surface area contributed by atoms with Crippen molar-refractivity contribution in [3.63, 3.8) is 0 Å². The first-order chi connectivity index (χ1) is 10.7. The molecule has 1 aromatic carbocycles. The Kier molecular flexibility index (Phi) is 5.86. The molecule has 0 aliphatic rings. The molecule has 0 aliphatic heterocycles. The van der Waals surface area contributed by atoms with Crippen molar-refractivity contribution in [2.75, 3.05) is 0 Å². The number of aromatic nitrogens is 3. The van der Waals surface area contributed by atoms with E-state index in [0.29, 0.717) is 5.75 Å². The van der Waals surface area contributed by atoms with Crippen LogP contribution in [0.3, 0.4) is 0 Å². The number of hydrogen-bond acceptors (Lipinski definition) is 8. The van der Waals surface area contributed by atoms with Crippen molar-refractivity contribution in [1.29, 1.82) is 0 Å². The Balaban J connectivity index is 2.31. The van der Waals surface area contributed by atoms with E-state index >= 15 is 0 Å². The van der Waals surface area contributed by atoms with E-state index in [1.807, 2.05) is 0 Å². The van der Waals surface area contributed by atoms with Crippen LogP contribution in [0.1, 0.15) is 6.42 Å². The second-order valence-electron chi connectivity index (χ2n) is 4.56. The molecule has 0 saturated heterocycles. The molecule has 0 amide bonds. The summed E-state index contributed by atoms with van der Waals surface area (Å²) in [4.78, 5) is 5.51. The lowest BCUT2D eigenvalue weighted by Crippen LogP contribution is -2.43. The molecule has 0 radical (unpaired) electrons. The summed E-state index contributed by atoms with van der Waals surface area (Å²) in [5.74, 6) is -2.82. The van der Waals surface area contributed by atoms with Crippen molar-refractivity contribution >= 4 is 24.9 Å². The Bertz CT molecular complexity index is 656. The van der Waals surface area contributed by atoms with Gasteiger partial charge < -0.3 is 40.0 Å². The van der Waals surface area contributed by atoms with Crippen LogP contribution in [-0.4, -0.2) is 56.0 Å². The maximum Gasteiger partial charge on any atom is 0.278 e. The summed E-state index contributed by atoms with van der Waals surface area (Å²) in [5, 5.41) is 56.9. The number of benzene rings is 1. The van der Waals surface area contributed by atoms with Gasteiger partial charge in [0.1, 0.15) is 14.0 Å². The zero-order chi connectivity index (χ0) is 17.1. The minimum Gasteiger partial charge on any atom is -0.386 e. The lowest BCUT2D eigenvalue weighted by molar-refractivity contribution is -0.337. The third-order valence-corrected chi connectivity index (χ3v) is 7.02. The van der Waals surface area contributed by atoms with Crippen molar-refractivity contribution in [2.24, 2.45) is 0 Å². The largest absolute Gasteiger partial charge is 0.386 e. The summed E-state index contributed by atoms with van der Waals surface area (Å²) in [6.07, 6.45) is -3.14. The predicted molar refractivity (Wildman–Crippen MR) is 83.8 cm³/mol. The van der Waals surface area contributed by atoms with Crippen LogP contribution < -0.4 is 4.84 Å². The lowest BCUT2D eigenvalue weighted by Gasteiger charge is -2.30. The van der Waals surface area contributed by atoms with Crippen LogP contribution in [0.4, 0.5) is 0 Å². The molecule has 13 heteroatoms. The number of H-pyrrole nitrogens is 1. The van der Waals surface area contributed by atoms with Gasteiger partial charge >= 0.3 is 0 Å². The topological polar surface area (TPSA) is 164 Å². The molecule has 7 N–H and O–H groups in total. The highest BCUT2D eigenvalue weighted by Crippen LogP contribution is 2.44. The zero-order valence-electron chi connectivity index (χ0n) is 11.6. The molecular weight excluding hydrogens is 367 g/mol. The summed E-state index contributed by atoms with van der Waals surface area (Å²) in [7, 11) is -1.98. The van der Waals surface area contributed by atoms with Gasteiger partial charge in [0.25, 0.3) is 11.5 Å². The van der Waals surface area contributed by atoms with Crippen molar-refractivity contribution < 1.29 is 35.5 Å². The Morgan fingerprint density at radius 3 is 2.52 bits per heavy atom. The van der Waals surface area contributed by atoms with Crippen LogP contribution in [0.25, 0.3) is 0 Å². The molecule has 0 bridgehead atoms. The molecule has 0 aliphatic carbocycles. The molecular formula is C10H16N3O7P3. The molecule has 0 fully saturated rings. The van der Waals surface area contributed by atoms with Crippen molar-refractivity contribution in [1.82, 2.24) is 13.3 Å².